The molecule has 0 amide bonds. The number of carbonyl (C=O) groups is 1. The minimum atomic E-state index is 0.360. The van der Waals surface area contributed by atoms with E-state index in [1.54, 1.807) is 13.8 Å². The Morgan fingerprint density at radius 3 is 2.50 bits per heavy atom. The Balaban J connectivity index is 3.25. The van der Waals surface area contributed by atoms with Crippen LogP contribution in [-0.2, 0) is 6.32 Å². The van der Waals surface area contributed by atoms with Crippen molar-refractivity contribution in [1.29, 1.82) is 0 Å². The Labute approximate surface area is 72.6 Å². The normalized spacial score (nSPS) is 9.83. The monoisotopic (exact) mass is 160 g/mol. The van der Waals surface area contributed by atoms with Gasteiger partial charge in [0.25, 0.3) is 0 Å². The van der Waals surface area contributed by atoms with Crippen LogP contribution in [0.15, 0.2) is 0 Å². The van der Waals surface area contributed by atoms with Gasteiger partial charge in [-0.05, 0) is 20.2 Å². The summed E-state index contributed by atoms with van der Waals surface area (Å²) < 4.78 is 0. The minimum Gasteiger partial charge on any atom is -0.296 e. The number of aromatic nitrogens is 2. The van der Waals surface area contributed by atoms with E-state index in [2.05, 4.69) is 9.97 Å². The fourth-order valence-electron chi connectivity index (χ4n) is 0.972. The molecule has 1 aromatic heterocycles. The third kappa shape index (κ3) is 1.52. The molecule has 3 nitrogen and oxygen atoms in total. The average Bonchev–Trinajstić information content (AvgIpc) is 2.08. The predicted octanol–water partition coefficient (Wildman–Crippen LogP) is 0.574. The molecule has 4 heteroatoms. The minimum absolute atomic E-state index is 0.360. The highest BCUT2D eigenvalue weighted by Gasteiger charge is 2.04. The molecular formula is C8H9BN2O. The van der Waals surface area contributed by atoms with Gasteiger partial charge < -0.3 is 0 Å². The molecule has 0 unspecified atom stereocenters. The Morgan fingerprint density at radius 1 is 1.33 bits per heavy atom. The SMILES string of the molecule is [B]Cc1nc(C)c(C=O)nc1C. The van der Waals surface area contributed by atoms with E-state index in [4.69, 9.17) is 7.85 Å². The standard InChI is InChI=1S/C8H9BN2O/c1-5-7(3-9)10-6(2)8(4-12)11-5/h4H,3H2,1-2H3. The Kier molecular flexibility index (Phi) is 2.58. The van der Waals surface area contributed by atoms with Gasteiger partial charge >= 0.3 is 0 Å². The first-order chi connectivity index (χ1) is 5.69. The lowest BCUT2D eigenvalue weighted by Gasteiger charge is -2.04. The van der Waals surface area contributed by atoms with Crippen molar-refractivity contribution in [3.05, 3.63) is 22.8 Å². The summed E-state index contributed by atoms with van der Waals surface area (Å²) in [6.07, 6.45) is 1.06. The molecule has 0 atom stereocenters. The molecule has 0 aliphatic carbocycles. The summed E-state index contributed by atoms with van der Waals surface area (Å²) >= 11 is 0. The smallest absolute Gasteiger partial charge is 0.170 e. The number of nitrogens with zero attached hydrogens (tertiary/aromatic N) is 2. The highest BCUT2D eigenvalue weighted by molar-refractivity contribution is 6.08. The van der Waals surface area contributed by atoms with Crippen molar-refractivity contribution in [1.82, 2.24) is 9.97 Å². The largest absolute Gasteiger partial charge is 0.296 e. The lowest BCUT2D eigenvalue weighted by Crippen LogP contribution is -2.04. The van der Waals surface area contributed by atoms with E-state index in [0.29, 0.717) is 24.0 Å². The molecule has 0 aromatic carbocycles. The van der Waals surface area contributed by atoms with Crippen LogP contribution in [0.25, 0.3) is 0 Å². The van der Waals surface area contributed by atoms with Gasteiger partial charge in [0.2, 0.25) is 0 Å². The Hall–Kier alpha value is -1.19. The molecule has 0 spiro atoms. The van der Waals surface area contributed by atoms with Gasteiger partial charge in [0.1, 0.15) is 5.69 Å². The zero-order valence-corrected chi connectivity index (χ0v) is 7.16. The summed E-state index contributed by atoms with van der Waals surface area (Å²) in [6, 6.07) is 0. The first kappa shape index (κ1) is 8.91. The van der Waals surface area contributed by atoms with Crippen LogP contribution in [0.4, 0.5) is 0 Å². The van der Waals surface area contributed by atoms with Gasteiger partial charge in [0, 0.05) is 0 Å². The first-order valence-electron chi connectivity index (χ1n) is 3.68. The molecular weight excluding hydrogens is 151 g/mol. The van der Waals surface area contributed by atoms with Gasteiger partial charge in [-0.15, -0.1) is 0 Å². The topological polar surface area (TPSA) is 42.9 Å². The third-order valence-electron chi connectivity index (χ3n) is 1.68. The number of aldehydes is 1. The number of hydrogen-bond donors (Lipinski definition) is 0. The number of hydrogen-bond acceptors (Lipinski definition) is 3. The van der Waals surface area contributed by atoms with Crippen molar-refractivity contribution in [3.8, 4) is 0 Å². The average molecular weight is 160 g/mol. The van der Waals surface area contributed by atoms with Gasteiger partial charge in [-0.1, -0.05) is 0 Å². The van der Waals surface area contributed by atoms with Gasteiger partial charge in [0.05, 0.1) is 24.9 Å². The maximum atomic E-state index is 10.4. The number of aryl methyl sites for hydroxylation is 2. The van der Waals surface area contributed by atoms with E-state index in [1.807, 2.05) is 0 Å². The zero-order chi connectivity index (χ0) is 9.14. The predicted molar refractivity (Wildman–Crippen MR) is 46.4 cm³/mol. The molecule has 1 rings (SSSR count). The fraction of sp³-hybridized carbons (Fsp3) is 0.375. The summed E-state index contributed by atoms with van der Waals surface area (Å²) in [4.78, 5) is 18.6. The number of carbonyl (C=O) groups excluding carboxylic acids is 1. The Bertz CT molecular complexity index is 312. The molecule has 0 saturated carbocycles. The van der Waals surface area contributed by atoms with Crippen LogP contribution in [0.2, 0.25) is 0 Å². The summed E-state index contributed by atoms with van der Waals surface area (Å²) in [5, 5.41) is 0. The quantitative estimate of drug-likeness (QED) is 0.469. The van der Waals surface area contributed by atoms with Crippen molar-refractivity contribution in [3.63, 3.8) is 0 Å². The number of rotatable bonds is 2. The van der Waals surface area contributed by atoms with E-state index < -0.39 is 0 Å². The lowest BCUT2D eigenvalue weighted by atomic mass is 10.0. The maximum absolute atomic E-state index is 10.4. The molecule has 0 aliphatic heterocycles. The van der Waals surface area contributed by atoms with Crippen LogP contribution >= 0.6 is 0 Å². The van der Waals surface area contributed by atoms with E-state index >= 15 is 0 Å². The second-order valence-electron chi connectivity index (χ2n) is 2.55. The summed E-state index contributed by atoms with van der Waals surface area (Å²) in [7, 11) is 5.42. The van der Waals surface area contributed by atoms with Gasteiger partial charge in [-0.25, -0.2) is 4.98 Å². The van der Waals surface area contributed by atoms with Crippen LogP contribution in [0, 0.1) is 13.8 Å². The van der Waals surface area contributed by atoms with Crippen molar-refractivity contribution >= 4 is 14.1 Å². The molecule has 0 aliphatic rings. The van der Waals surface area contributed by atoms with Crippen molar-refractivity contribution in [2.45, 2.75) is 20.2 Å². The second kappa shape index (κ2) is 3.47. The van der Waals surface area contributed by atoms with Crippen LogP contribution in [0.5, 0.6) is 0 Å². The van der Waals surface area contributed by atoms with E-state index in [-0.39, 0.29) is 0 Å². The second-order valence-corrected chi connectivity index (χ2v) is 2.55. The highest BCUT2D eigenvalue weighted by atomic mass is 16.1. The molecule has 2 radical (unpaired) electrons. The highest BCUT2D eigenvalue weighted by Crippen LogP contribution is 2.05. The van der Waals surface area contributed by atoms with Crippen molar-refractivity contribution in [2.75, 3.05) is 0 Å². The van der Waals surface area contributed by atoms with Crippen LogP contribution in [-0.4, -0.2) is 24.1 Å². The van der Waals surface area contributed by atoms with Crippen molar-refractivity contribution < 1.29 is 4.79 Å². The molecule has 0 bridgehead atoms. The molecule has 1 aromatic rings. The van der Waals surface area contributed by atoms with Crippen LogP contribution in [0.1, 0.15) is 27.6 Å². The molecule has 0 saturated heterocycles. The fourth-order valence-corrected chi connectivity index (χ4v) is 0.972. The molecule has 12 heavy (non-hydrogen) atoms. The summed E-state index contributed by atoms with van der Waals surface area (Å²) in [6.45, 7) is 3.54. The van der Waals surface area contributed by atoms with E-state index in [0.717, 1.165) is 11.4 Å². The lowest BCUT2D eigenvalue weighted by molar-refractivity contribution is 0.111. The zero-order valence-electron chi connectivity index (χ0n) is 7.16. The third-order valence-corrected chi connectivity index (χ3v) is 1.68. The van der Waals surface area contributed by atoms with Crippen molar-refractivity contribution in [2.24, 2.45) is 0 Å². The molecule has 0 N–H and O–H groups in total. The van der Waals surface area contributed by atoms with Crippen LogP contribution in [0.3, 0.4) is 0 Å². The van der Waals surface area contributed by atoms with Crippen LogP contribution < -0.4 is 0 Å². The molecule has 0 fully saturated rings. The van der Waals surface area contributed by atoms with E-state index in [1.165, 1.54) is 0 Å². The molecule has 60 valence electrons. The maximum Gasteiger partial charge on any atom is 0.170 e. The first-order valence-corrected chi connectivity index (χ1v) is 3.68. The summed E-state index contributed by atoms with van der Waals surface area (Å²) in [5.74, 6) is 0. The summed E-state index contributed by atoms with van der Waals surface area (Å²) in [5.41, 5.74) is 2.50. The van der Waals surface area contributed by atoms with Gasteiger partial charge in [-0.2, -0.15) is 0 Å². The Morgan fingerprint density at radius 2 is 2.00 bits per heavy atom. The van der Waals surface area contributed by atoms with E-state index in [9.17, 15) is 4.79 Å². The van der Waals surface area contributed by atoms with Gasteiger partial charge in [0.15, 0.2) is 6.29 Å². The molecule has 1 heterocycles. The van der Waals surface area contributed by atoms with Gasteiger partial charge in [-0.3, -0.25) is 9.78 Å².